The fourth-order valence-electron chi connectivity index (χ4n) is 4.53. The zero-order chi connectivity index (χ0) is 18.4. The molecule has 0 amide bonds. The van der Waals surface area contributed by atoms with Crippen molar-refractivity contribution in [3.05, 3.63) is 64.8 Å². The van der Waals surface area contributed by atoms with Gasteiger partial charge in [0.05, 0.1) is 17.2 Å². The lowest BCUT2D eigenvalue weighted by molar-refractivity contribution is 0.127. The van der Waals surface area contributed by atoms with Gasteiger partial charge in [-0.05, 0) is 24.0 Å². The van der Waals surface area contributed by atoms with E-state index in [9.17, 15) is 4.79 Å². The number of nitrogens with zero attached hydrogens (tertiary/aromatic N) is 3. The Balaban J connectivity index is 1.47. The molecule has 3 aromatic heterocycles. The number of likely N-dealkylation sites (tertiary alicyclic amines) is 1. The molecule has 4 aromatic rings. The standard InChI is InChI=1S/C21H23N5O/c1-14-12-25(13-15-5-3-2-4-6-15)10-8-18(14)26-19-16-7-9-22-20(16)23-11-17(19)24-21(26)27/h2-7,9,11,14,18H,8,10,12-13H2,1H3,(H,22,23)(H,24,27)/t14-,18+/m1/s1. The summed E-state index contributed by atoms with van der Waals surface area (Å²) >= 11 is 0. The molecule has 2 N–H and O–H groups in total. The fraction of sp³-hybridized carbons (Fsp3) is 0.333. The third-order valence-corrected chi connectivity index (χ3v) is 5.78. The van der Waals surface area contributed by atoms with E-state index in [2.05, 4.69) is 57.1 Å². The first-order valence-corrected chi connectivity index (χ1v) is 9.53. The molecule has 0 saturated carbocycles. The Hall–Kier alpha value is -2.86. The number of hydrogen-bond donors (Lipinski definition) is 2. The second kappa shape index (κ2) is 6.39. The summed E-state index contributed by atoms with van der Waals surface area (Å²) in [5, 5.41) is 1.00. The molecule has 5 rings (SSSR count). The average Bonchev–Trinajstić information content (AvgIpc) is 3.26. The number of aromatic nitrogens is 4. The van der Waals surface area contributed by atoms with E-state index >= 15 is 0 Å². The lowest BCUT2D eigenvalue weighted by atomic mass is 9.93. The Morgan fingerprint density at radius 2 is 2.07 bits per heavy atom. The van der Waals surface area contributed by atoms with Crippen molar-refractivity contribution in [3.8, 4) is 0 Å². The van der Waals surface area contributed by atoms with E-state index in [1.54, 1.807) is 6.20 Å². The third-order valence-electron chi connectivity index (χ3n) is 5.78. The molecule has 1 aliphatic heterocycles. The summed E-state index contributed by atoms with van der Waals surface area (Å²) in [7, 11) is 0. The van der Waals surface area contributed by atoms with Crippen molar-refractivity contribution in [3.63, 3.8) is 0 Å². The molecule has 1 fully saturated rings. The first kappa shape index (κ1) is 16.3. The van der Waals surface area contributed by atoms with Gasteiger partial charge in [-0.2, -0.15) is 0 Å². The largest absolute Gasteiger partial charge is 0.346 e. The number of piperidine rings is 1. The van der Waals surface area contributed by atoms with Gasteiger partial charge in [0.15, 0.2) is 0 Å². The smallest absolute Gasteiger partial charge is 0.326 e. The fourth-order valence-corrected chi connectivity index (χ4v) is 4.53. The van der Waals surface area contributed by atoms with Gasteiger partial charge in [0.1, 0.15) is 5.65 Å². The van der Waals surface area contributed by atoms with Gasteiger partial charge >= 0.3 is 5.69 Å². The highest BCUT2D eigenvalue weighted by atomic mass is 16.1. The molecular formula is C21H23N5O. The number of imidazole rings is 1. The Morgan fingerprint density at radius 1 is 1.22 bits per heavy atom. The molecule has 2 atom stereocenters. The van der Waals surface area contributed by atoms with E-state index in [4.69, 9.17) is 0 Å². The van der Waals surface area contributed by atoms with Gasteiger partial charge in [-0.3, -0.25) is 9.47 Å². The monoisotopic (exact) mass is 361 g/mol. The van der Waals surface area contributed by atoms with Crippen LogP contribution in [0.3, 0.4) is 0 Å². The van der Waals surface area contributed by atoms with Crippen LogP contribution in [0.5, 0.6) is 0 Å². The van der Waals surface area contributed by atoms with Gasteiger partial charge in [-0.25, -0.2) is 9.78 Å². The van der Waals surface area contributed by atoms with Crippen LogP contribution in [0, 0.1) is 5.92 Å². The molecule has 0 radical (unpaired) electrons. The lowest BCUT2D eigenvalue weighted by Crippen LogP contribution is -2.41. The summed E-state index contributed by atoms with van der Waals surface area (Å²) in [5.74, 6) is 0.390. The molecule has 0 unspecified atom stereocenters. The molecule has 4 heterocycles. The van der Waals surface area contributed by atoms with E-state index in [1.807, 2.05) is 16.8 Å². The third kappa shape index (κ3) is 2.77. The zero-order valence-electron chi connectivity index (χ0n) is 15.4. The second-order valence-corrected chi connectivity index (χ2v) is 7.61. The van der Waals surface area contributed by atoms with E-state index in [0.29, 0.717) is 5.92 Å². The van der Waals surface area contributed by atoms with E-state index in [1.165, 1.54) is 5.56 Å². The van der Waals surface area contributed by atoms with Crippen molar-refractivity contribution in [2.45, 2.75) is 25.9 Å². The number of rotatable bonds is 3. The highest BCUT2D eigenvalue weighted by molar-refractivity contribution is 6.00. The van der Waals surface area contributed by atoms with Crippen molar-refractivity contribution in [2.75, 3.05) is 13.1 Å². The van der Waals surface area contributed by atoms with E-state index < -0.39 is 0 Å². The van der Waals surface area contributed by atoms with Crippen LogP contribution < -0.4 is 5.69 Å². The molecule has 0 bridgehead atoms. The van der Waals surface area contributed by atoms with Gasteiger partial charge in [0, 0.05) is 37.3 Å². The summed E-state index contributed by atoms with van der Waals surface area (Å²) in [5.41, 5.74) is 3.91. The van der Waals surface area contributed by atoms with Gasteiger partial charge in [0.25, 0.3) is 0 Å². The topological polar surface area (TPSA) is 69.7 Å². The molecule has 0 aliphatic carbocycles. The van der Waals surface area contributed by atoms with Gasteiger partial charge < -0.3 is 9.97 Å². The maximum atomic E-state index is 12.8. The van der Waals surface area contributed by atoms with Crippen LogP contribution in [0.15, 0.2) is 53.6 Å². The van der Waals surface area contributed by atoms with Crippen LogP contribution >= 0.6 is 0 Å². The Bertz CT molecular complexity index is 1140. The predicted molar refractivity (Wildman–Crippen MR) is 107 cm³/mol. The Labute approximate surface area is 156 Å². The predicted octanol–water partition coefficient (Wildman–Crippen LogP) is 3.29. The molecular weight excluding hydrogens is 338 g/mol. The second-order valence-electron chi connectivity index (χ2n) is 7.61. The zero-order valence-corrected chi connectivity index (χ0v) is 15.4. The minimum atomic E-state index is -0.0335. The average molecular weight is 361 g/mol. The number of fused-ring (bicyclic) bond motifs is 3. The van der Waals surface area contributed by atoms with Crippen molar-refractivity contribution in [2.24, 2.45) is 5.92 Å². The van der Waals surface area contributed by atoms with Crippen molar-refractivity contribution in [1.29, 1.82) is 0 Å². The molecule has 1 aromatic carbocycles. The number of aromatic amines is 2. The first-order chi connectivity index (χ1) is 13.2. The summed E-state index contributed by atoms with van der Waals surface area (Å²) in [6, 6.07) is 12.8. The Kier molecular flexibility index (Phi) is 3.86. The molecule has 27 heavy (non-hydrogen) atoms. The number of pyridine rings is 1. The molecule has 138 valence electrons. The summed E-state index contributed by atoms with van der Waals surface area (Å²) in [6.45, 7) is 5.19. The van der Waals surface area contributed by atoms with Crippen molar-refractivity contribution < 1.29 is 0 Å². The van der Waals surface area contributed by atoms with Crippen LogP contribution in [-0.2, 0) is 6.54 Å². The van der Waals surface area contributed by atoms with Crippen LogP contribution in [0.1, 0.15) is 24.9 Å². The van der Waals surface area contributed by atoms with Crippen LogP contribution in [0.4, 0.5) is 0 Å². The van der Waals surface area contributed by atoms with E-state index in [0.717, 1.165) is 48.1 Å². The first-order valence-electron chi connectivity index (χ1n) is 9.53. The molecule has 6 nitrogen and oxygen atoms in total. The number of hydrogen-bond acceptors (Lipinski definition) is 3. The van der Waals surface area contributed by atoms with Crippen LogP contribution in [-0.4, -0.2) is 37.5 Å². The number of benzene rings is 1. The van der Waals surface area contributed by atoms with Crippen molar-refractivity contribution >= 4 is 22.1 Å². The van der Waals surface area contributed by atoms with Gasteiger partial charge in [-0.1, -0.05) is 37.3 Å². The minimum Gasteiger partial charge on any atom is -0.346 e. The maximum absolute atomic E-state index is 12.8. The molecule has 1 saturated heterocycles. The highest BCUT2D eigenvalue weighted by Gasteiger charge is 2.30. The quantitative estimate of drug-likeness (QED) is 0.588. The van der Waals surface area contributed by atoms with Gasteiger partial charge in [-0.15, -0.1) is 0 Å². The van der Waals surface area contributed by atoms with Crippen LogP contribution in [0.2, 0.25) is 0 Å². The normalized spacial score (nSPS) is 21.2. The summed E-state index contributed by atoms with van der Waals surface area (Å²) in [4.78, 5) is 25.8. The molecule has 1 aliphatic rings. The lowest BCUT2D eigenvalue weighted by Gasteiger charge is -2.37. The minimum absolute atomic E-state index is 0.0335. The summed E-state index contributed by atoms with van der Waals surface area (Å²) in [6.07, 6.45) is 4.60. The summed E-state index contributed by atoms with van der Waals surface area (Å²) < 4.78 is 1.97. The molecule has 0 spiro atoms. The number of H-pyrrole nitrogens is 2. The van der Waals surface area contributed by atoms with Crippen LogP contribution in [0.25, 0.3) is 22.1 Å². The van der Waals surface area contributed by atoms with E-state index in [-0.39, 0.29) is 11.7 Å². The van der Waals surface area contributed by atoms with Crippen molar-refractivity contribution in [1.82, 2.24) is 24.4 Å². The molecule has 6 heteroatoms. The maximum Gasteiger partial charge on any atom is 0.326 e. The Morgan fingerprint density at radius 3 is 2.89 bits per heavy atom. The number of nitrogens with one attached hydrogen (secondary N) is 2. The van der Waals surface area contributed by atoms with Gasteiger partial charge in [0.2, 0.25) is 0 Å². The SMILES string of the molecule is C[C@@H]1CN(Cc2ccccc2)CC[C@@H]1n1c(=O)[nH]c2cnc3[nH]ccc3c21. The highest BCUT2D eigenvalue weighted by Crippen LogP contribution is 2.32.